The molecule has 0 aliphatic carbocycles. The molecule has 0 saturated heterocycles. The molecule has 1 N–H and O–H groups in total. The summed E-state index contributed by atoms with van der Waals surface area (Å²) in [6.07, 6.45) is 0. The Kier molecular flexibility index (Phi) is 3.69. The van der Waals surface area contributed by atoms with Gasteiger partial charge < -0.3 is 5.32 Å². The number of benzene rings is 1. The molecule has 4 aromatic rings. The molecule has 0 atom stereocenters. The predicted octanol–water partition coefficient (Wildman–Crippen LogP) is 1.77. The van der Waals surface area contributed by atoms with Gasteiger partial charge in [-0.15, -0.1) is 20.4 Å². The van der Waals surface area contributed by atoms with Gasteiger partial charge in [0.2, 0.25) is 10.9 Å². The van der Waals surface area contributed by atoms with E-state index in [0.29, 0.717) is 16.9 Å². The maximum absolute atomic E-state index is 12.4. The highest BCUT2D eigenvalue weighted by molar-refractivity contribution is 8.00. The third-order valence-electron chi connectivity index (χ3n) is 3.64. The number of hydrogen-bond donors (Lipinski definition) is 1. The summed E-state index contributed by atoms with van der Waals surface area (Å²) in [7, 11) is 3.52. The van der Waals surface area contributed by atoms with Crippen molar-refractivity contribution in [3.05, 3.63) is 40.4 Å². The summed E-state index contributed by atoms with van der Waals surface area (Å²) >= 11 is 3.03. The minimum Gasteiger partial charge on any atom is -0.363 e. The van der Waals surface area contributed by atoms with E-state index in [1.54, 1.807) is 18.8 Å². The van der Waals surface area contributed by atoms with Gasteiger partial charge in [-0.3, -0.25) is 13.8 Å². The lowest BCUT2D eigenvalue weighted by atomic mass is 10.2. The molecule has 10 heteroatoms. The molecule has 0 aliphatic heterocycles. The van der Waals surface area contributed by atoms with Gasteiger partial charge in [-0.2, -0.15) is 0 Å². The first-order chi connectivity index (χ1) is 11.7. The number of rotatable bonds is 4. The molecule has 0 aliphatic rings. The first-order valence-corrected chi connectivity index (χ1v) is 8.95. The van der Waals surface area contributed by atoms with Gasteiger partial charge in [-0.05, 0) is 12.1 Å². The van der Waals surface area contributed by atoms with Crippen molar-refractivity contribution >= 4 is 44.9 Å². The maximum Gasteiger partial charge on any atom is 0.262 e. The fourth-order valence-corrected chi connectivity index (χ4v) is 4.10. The van der Waals surface area contributed by atoms with Gasteiger partial charge in [0.05, 0.1) is 16.7 Å². The number of nitrogens with one attached hydrogen (secondary N) is 1. The van der Waals surface area contributed by atoms with Crippen LogP contribution in [0.3, 0.4) is 0 Å². The molecular weight excluding hydrogens is 346 g/mol. The molecule has 1 aromatic carbocycles. The highest BCUT2D eigenvalue weighted by atomic mass is 32.2. The van der Waals surface area contributed by atoms with Gasteiger partial charge in [0.1, 0.15) is 5.82 Å². The summed E-state index contributed by atoms with van der Waals surface area (Å²) in [5, 5.41) is 21.0. The normalized spacial score (nSPS) is 11.4. The number of para-hydroxylation sites is 1. The molecule has 0 spiro atoms. The molecule has 0 unspecified atom stereocenters. The van der Waals surface area contributed by atoms with Crippen LogP contribution in [-0.4, -0.2) is 36.4 Å². The van der Waals surface area contributed by atoms with Crippen molar-refractivity contribution in [2.75, 3.05) is 12.4 Å². The van der Waals surface area contributed by atoms with Crippen LogP contribution in [0.5, 0.6) is 0 Å². The van der Waals surface area contributed by atoms with E-state index in [9.17, 15) is 4.79 Å². The lowest BCUT2D eigenvalue weighted by Crippen LogP contribution is -2.20. The maximum atomic E-state index is 12.4. The number of anilines is 1. The van der Waals surface area contributed by atoms with E-state index in [-0.39, 0.29) is 5.56 Å². The Balaban J connectivity index is 1.80. The van der Waals surface area contributed by atoms with E-state index in [2.05, 4.69) is 25.7 Å². The van der Waals surface area contributed by atoms with Crippen LogP contribution in [0, 0.1) is 0 Å². The molecule has 0 bridgehead atoms. The van der Waals surface area contributed by atoms with E-state index < -0.39 is 0 Å². The molecule has 0 saturated carbocycles. The van der Waals surface area contributed by atoms with Gasteiger partial charge in [0, 0.05) is 14.1 Å². The van der Waals surface area contributed by atoms with Crippen molar-refractivity contribution in [2.24, 2.45) is 7.05 Å². The minimum absolute atomic E-state index is 0.0764. The molecule has 122 valence electrons. The number of thioether (sulfide) groups is 1. The Bertz CT molecular complexity index is 1100. The van der Waals surface area contributed by atoms with Crippen LogP contribution in [0.25, 0.3) is 16.7 Å². The Morgan fingerprint density at radius 3 is 2.83 bits per heavy atom. The van der Waals surface area contributed by atoms with Crippen LogP contribution in [-0.2, 0) is 12.8 Å². The van der Waals surface area contributed by atoms with Crippen LogP contribution >= 0.6 is 23.1 Å². The van der Waals surface area contributed by atoms with Crippen molar-refractivity contribution < 1.29 is 0 Å². The summed E-state index contributed by atoms with van der Waals surface area (Å²) < 4.78 is 4.29. The van der Waals surface area contributed by atoms with Crippen LogP contribution in [0.1, 0.15) is 5.82 Å². The topological polar surface area (TPSA) is 90.0 Å². The van der Waals surface area contributed by atoms with E-state index in [4.69, 9.17) is 0 Å². The van der Waals surface area contributed by atoms with Crippen molar-refractivity contribution in [1.29, 1.82) is 0 Å². The second-order valence-corrected chi connectivity index (χ2v) is 7.24. The largest absolute Gasteiger partial charge is 0.363 e. The lowest BCUT2D eigenvalue weighted by molar-refractivity contribution is 0.857. The zero-order valence-electron chi connectivity index (χ0n) is 12.9. The second kappa shape index (κ2) is 5.87. The summed E-state index contributed by atoms with van der Waals surface area (Å²) in [5.41, 5.74) is 0.733. The van der Waals surface area contributed by atoms with Gasteiger partial charge in [0.25, 0.3) is 5.56 Å². The van der Waals surface area contributed by atoms with Crippen molar-refractivity contribution in [3.8, 4) is 0 Å². The Hall–Kier alpha value is -2.46. The molecule has 8 nitrogen and oxygen atoms in total. The monoisotopic (exact) mass is 359 g/mol. The molecule has 24 heavy (non-hydrogen) atoms. The smallest absolute Gasteiger partial charge is 0.262 e. The first kappa shape index (κ1) is 15.1. The number of hydrogen-bond acceptors (Lipinski definition) is 8. The third kappa shape index (κ3) is 2.34. The zero-order valence-corrected chi connectivity index (χ0v) is 14.6. The zero-order chi connectivity index (χ0) is 16.7. The van der Waals surface area contributed by atoms with Crippen molar-refractivity contribution in [1.82, 2.24) is 29.4 Å². The third-order valence-corrected chi connectivity index (χ3v) is 5.71. The molecule has 4 rings (SSSR count). The van der Waals surface area contributed by atoms with Crippen LogP contribution in [0.15, 0.2) is 33.4 Å². The number of aromatic nitrogens is 6. The molecule has 3 heterocycles. The number of fused-ring (bicyclic) bond motifs is 3. The first-order valence-electron chi connectivity index (χ1n) is 7.15. The Morgan fingerprint density at radius 1 is 1.21 bits per heavy atom. The molecule has 0 fully saturated rings. The summed E-state index contributed by atoms with van der Waals surface area (Å²) in [4.78, 5) is 12.4. The lowest BCUT2D eigenvalue weighted by Gasteiger charge is -2.07. The average Bonchev–Trinajstić information content (AvgIpc) is 3.24. The van der Waals surface area contributed by atoms with E-state index in [1.807, 2.05) is 35.7 Å². The number of nitrogens with zero attached hydrogens (tertiary/aromatic N) is 6. The summed E-state index contributed by atoms with van der Waals surface area (Å²) in [5.74, 6) is 1.88. The summed E-state index contributed by atoms with van der Waals surface area (Å²) in [6.45, 7) is 0. The van der Waals surface area contributed by atoms with Gasteiger partial charge in [0.15, 0.2) is 4.34 Å². The highest BCUT2D eigenvalue weighted by Crippen LogP contribution is 2.28. The predicted molar refractivity (Wildman–Crippen MR) is 94.8 cm³/mol. The molecule has 3 aromatic heterocycles. The average molecular weight is 359 g/mol. The van der Waals surface area contributed by atoms with Gasteiger partial charge in [-0.1, -0.05) is 35.2 Å². The number of aryl methyl sites for hydroxylation is 1. The van der Waals surface area contributed by atoms with Crippen molar-refractivity contribution in [2.45, 2.75) is 10.1 Å². The SMILES string of the molecule is CNc1nnc(SCc2nnc3n(C)c(=O)c4ccccc4n23)s1. The minimum atomic E-state index is -0.0764. The fourth-order valence-electron chi connectivity index (χ4n) is 2.48. The van der Waals surface area contributed by atoms with E-state index >= 15 is 0 Å². The van der Waals surface area contributed by atoms with Crippen molar-refractivity contribution in [3.63, 3.8) is 0 Å². The Morgan fingerprint density at radius 2 is 2.04 bits per heavy atom. The molecular formula is C14H13N7OS2. The molecule has 0 amide bonds. The van der Waals surface area contributed by atoms with Gasteiger partial charge in [-0.25, -0.2) is 0 Å². The standard InChI is InChI=1S/C14H13N7OS2/c1-15-12-17-19-14(24-12)23-7-10-16-18-13-20(2)11(22)8-5-3-4-6-9(8)21(10)13/h3-6H,7H2,1-2H3,(H,15,17). The van der Waals surface area contributed by atoms with E-state index in [1.165, 1.54) is 15.9 Å². The van der Waals surface area contributed by atoms with Crippen LogP contribution in [0.2, 0.25) is 0 Å². The summed E-state index contributed by atoms with van der Waals surface area (Å²) in [6, 6.07) is 7.49. The van der Waals surface area contributed by atoms with Crippen LogP contribution in [0.4, 0.5) is 5.13 Å². The van der Waals surface area contributed by atoms with Crippen LogP contribution < -0.4 is 10.9 Å². The van der Waals surface area contributed by atoms with E-state index in [0.717, 1.165) is 20.8 Å². The molecule has 0 radical (unpaired) electrons. The fraction of sp³-hybridized carbons (Fsp3) is 0.214. The quantitative estimate of drug-likeness (QED) is 0.555. The highest BCUT2D eigenvalue weighted by Gasteiger charge is 2.15. The van der Waals surface area contributed by atoms with Gasteiger partial charge >= 0.3 is 0 Å². The second-order valence-electron chi connectivity index (χ2n) is 5.04. The Labute approximate surface area is 144 Å².